The van der Waals surface area contributed by atoms with Crippen LogP contribution in [0.2, 0.25) is 0 Å². The van der Waals surface area contributed by atoms with Crippen molar-refractivity contribution in [2.75, 3.05) is 26.2 Å². The van der Waals surface area contributed by atoms with Crippen molar-refractivity contribution in [2.45, 2.75) is 25.9 Å². The lowest BCUT2D eigenvalue weighted by Crippen LogP contribution is -2.28. The van der Waals surface area contributed by atoms with E-state index in [2.05, 4.69) is 107 Å². The summed E-state index contributed by atoms with van der Waals surface area (Å²) >= 11 is 0. The van der Waals surface area contributed by atoms with Crippen LogP contribution in [-0.4, -0.2) is 36.0 Å². The average Bonchev–Trinajstić information content (AvgIpc) is 2.87. The summed E-state index contributed by atoms with van der Waals surface area (Å²) in [7, 11) is 0. The Morgan fingerprint density at radius 2 is 0.906 bits per heavy atom. The van der Waals surface area contributed by atoms with Crippen LogP contribution in [0.3, 0.4) is 0 Å². The maximum Gasteiger partial charge on any atom is 0.0237 e. The van der Waals surface area contributed by atoms with E-state index in [1.807, 2.05) is 0 Å². The van der Waals surface area contributed by atoms with Crippen LogP contribution in [0.4, 0.5) is 0 Å². The lowest BCUT2D eigenvalue weighted by Gasteiger charge is -2.27. The van der Waals surface area contributed by atoms with Gasteiger partial charge in [0, 0.05) is 39.3 Å². The second kappa shape index (κ2) is 10.1. The molecule has 0 aromatic heterocycles. The average molecular weight is 421 g/mol. The molecule has 3 aromatic carbocycles. The van der Waals surface area contributed by atoms with Crippen molar-refractivity contribution in [1.82, 2.24) is 9.80 Å². The fraction of sp³-hybridized carbons (Fsp3) is 0.267. The van der Waals surface area contributed by atoms with Gasteiger partial charge >= 0.3 is 0 Å². The van der Waals surface area contributed by atoms with E-state index in [9.17, 15) is 0 Å². The van der Waals surface area contributed by atoms with Gasteiger partial charge in [0.05, 0.1) is 0 Å². The SMILES string of the molecule is C1=C(c2ccccc2)CCN(Cc2ccc(CN3CC=C(c4ccccc4)CC3)cc2)C1. The highest BCUT2D eigenvalue weighted by atomic mass is 15.1. The van der Waals surface area contributed by atoms with Crippen LogP contribution in [-0.2, 0) is 13.1 Å². The van der Waals surface area contributed by atoms with E-state index in [-0.39, 0.29) is 0 Å². The van der Waals surface area contributed by atoms with Crippen LogP contribution in [0.25, 0.3) is 11.1 Å². The third-order valence-electron chi connectivity index (χ3n) is 6.71. The molecular formula is C30H32N2. The Morgan fingerprint density at radius 3 is 1.25 bits per heavy atom. The van der Waals surface area contributed by atoms with Gasteiger partial charge in [-0.2, -0.15) is 0 Å². The first-order valence-electron chi connectivity index (χ1n) is 11.8. The smallest absolute Gasteiger partial charge is 0.0237 e. The molecule has 2 aliphatic rings. The van der Waals surface area contributed by atoms with Gasteiger partial charge in [-0.3, -0.25) is 9.80 Å². The predicted molar refractivity (Wildman–Crippen MR) is 135 cm³/mol. The number of benzene rings is 3. The molecule has 2 aliphatic heterocycles. The van der Waals surface area contributed by atoms with Gasteiger partial charge in [-0.15, -0.1) is 0 Å². The lowest BCUT2D eigenvalue weighted by atomic mass is 9.99. The normalized spacial score (nSPS) is 17.6. The standard InChI is InChI=1S/C30H32N2/c1-3-7-27(8-4-1)29-15-19-31(20-16-29)23-25-11-13-26(14-12-25)24-32-21-17-30(18-22-32)28-9-5-2-6-10-28/h1-15,17H,16,18-24H2. The van der Waals surface area contributed by atoms with Crippen molar-refractivity contribution in [3.63, 3.8) is 0 Å². The first-order valence-corrected chi connectivity index (χ1v) is 11.8. The third-order valence-corrected chi connectivity index (χ3v) is 6.71. The molecule has 0 N–H and O–H groups in total. The zero-order valence-electron chi connectivity index (χ0n) is 18.8. The zero-order chi connectivity index (χ0) is 21.6. The fourth-order valence-electron chi connectivity index (χ4n) is 4.80. The van der Waals surface area contributed by atoms with E-state index >= 15 is 0 Å². The molecule has 3 aromatic rings. The molecule has 0 saturated carbocycles. The highest BCUT2D eigenvalue weighted by Crippen LogP contribution is 2.24. The van der Waals surface area contributed by atoms with E-state index in [0.29, 0.717) is 0 Å². The highest BCUT2D eigenvalue weighted by Gasteiger charge is 2.15. The first kappa shape index (κ1) is 20.9. The van der Waals surface area contributed by atoms with Crippen LogP contribution >= 0.6 is 0 Å². The van der Waals surface area contributed by atoms with E-state index < -0.39 is 0 Å². The van der Waals surface area contributed by atoms with Crippen molar-refractivity contribution < 1.29 is 0 Å². The topological polar surface area (TPSA) is 6.48 Å². The Bertz CT molecular complexity index is 976. The second-order valence-corrected chi connectivity index (χ2v) is 8.98. The molecule has 0 saturated heterocycles. The van der Waals surface area contributed by atoms with Gasteiger partial charge in [0.1, 0.15) is 0 Å². The summed E-state index contributed by atoms with van der Waals surface area (Å²) in [5.41, 5.74) is 8.55. The van der Waals surface area contributed by atoms with Crippen LogP contribution in [0.15, 0.2) is 97.1 Å². The summed E-state index contributed by atoms with van der Waals surface area (Å²) in [5.74, 6) is 0. The molecule has 0 atom stereocenters. The van der Waals surface area contributed by atoms with Crippen LogP contribution in [0, 0.1) is 0 Å². The minimum Gasteiger partial charge on any atom is -0.295 e. The molecule has 2 nitrogen and oxygen atoms in total. The van der Waals surface area contributed by atoms with Crippen molar-refractivity contribution in [2.24, 2.45) is 0 Å². The predicted octanol–water partition coefficient (Wildman–Crippen LogP) is 6.27. The molecule has 0 amide bonds. The van der Waals surface area contributed by atoms with Gasteiger partial charge in [0.15, 0.2) is 0 Å². The van der Waals surface area contributed by atoms with E-state index in [1.165, 1.54) is 33.4 Å². The summed E-state index contributed by atoms with van der Waals surface area (Å²) in [6, 6.07) is 30.9. The summed E-state index contributed by atoms with van der Waals surface area (Å²) in [6.45, 7) is 6.40. The van der Waals surface area contributed by atoms with Gasteiger partial charge in [-0.1, -0.05) is 97.1 Å². The molecule has 162 valence electrons. The summed E-state index contributed by atoms with van der Waals surface area (Å²) in [6.07, 6.45) is 7.08. The maximum absolute atomic E-state index is 2.54. The molecule has 0 radical (unpaired) electrons. The number of rotatable bonds is 6. The second-order valence-electron chi connectivity index (χ2n) is 8.98. The minimum atomic E-state index is 1.03. The molecule has 0 fully saturated rings. The Morgan fingerprint density at radius 1 is 0.500 bits per heavy atom. The van der Waals surface area contributed by atoms with E-state index in [4.69, 9.17) is 0 Å². The molecule has 0 spiro atoms. The summed E-state index contributed by atoms with van der Waals surface area (Å²) in [4.78, 5) is 5.09. The molecule has 0 unspecified atom stereocenters. The van der Waals surface area contributed by atoms with Crippen molar-refractivity contribution in [3.8, 4) is 0 Å². The third kappa shape index (κ3) is 5.27. The molecule has 0 aliphatic carbocycles. The van der Waals surface area contributed by atoms with Gasteiger partial charge in [-0.05, 0) is 46.2 Å². The Balaban J connectivity index is 1.12. The number of hydrogen-bond acceptors (Lipinski definition) is 2. The molecular weight excluding hydrogens is 388 g/mol. The lowest BCUT2D eigenvalue weighted by molar-refractivity contribution is 0.291. The fourth-order valence-corrected chi connectivity index (χ4v) is 4.80. The largest absolute Gasteiger partial charge is 0.295 e. The molecule has 32 heavy (non-hydrogen) atoms. The van der Waals surface area contributed by atoms with Crippen molar-refractivity contribution in [3.05, 3.63) is 119 Å². The number of hydrogen-bond donors (Lipinski definition) is 0. The quantitative estimate of drug-likeness (QED) is 0.464. The van der Waals surface area contributed by atoms with E-state index in [1.54, 1.807) is 0 Å². The summed E-state index contributed by atoms with van der Waals surface area (Å²) in [5, 5.41) is 0. The van der Waals surface area contributed by atoms with Crippen LogP contribution < -0.4 is 0 Å². The van der Waals surface area contributed by atoms with E-state index in [0.717, 1.165) is 52.1 Å². The van der Waals surface area contributed by atoms with Crippen molar-refractivity contribution >= 4 is 11.1 Å². The van der Waals surface area contributed by atoms with Gasteiger partial charge in [0.25, 0.3) is 0 Å². The molecule has 2 heterocycles. The monoisotopic (exact) mass is 420 g/mol. The van der Waals surface area contributed by atoms with Crippen LogP contribution in [0.5, 0.6) is 0 Å². The molecule has 0 bridgehead atoms. The van der Waals surface area contributed by atoms with Gasteiger partial charge in [-0.25, -0.2) is 0 Å². The molecule has 2 heteroatoms. The Kier molecular flexibility index (Phi) is 6.62. The van der Waals surface area contributed by atoms with Gasteiger partial charge in [0.2, 0.25) is 0 Å². The number of nitrogens with zero attached hydrogens (tertiary/aromatic N) is 2. The zero-order valence-corrected chi connectivity index (χ0v) is 18.8. The first-order chi connectivity index (χ1) is 15.8. The van der Waals surface area contributed by atoms with Gasteiger partial charge < -0.3 is 0 Å². The molecule has 5 rings (SSSR count). The summed E-state index contributed by atoms with van der Waals surface area (Å²) < 4.78 is 0. The Labute approximate surface area is 192 Å². The maximum atomic E-state index is 2.54. The highest BCUT2D eigenvalue weighted by molar-refractivity contribution is 5.67. The minimum absolute atomic E-state index is 1.03. The van der Waals surface area contributed by atoms with Crippen molar-refractivity contribution in [1.29, 1.82) is 0 Å². The van der Waals surface area contributed by atoms with Crippen LogP contribution in [0.1, 0.15) is 35.1 Å². The Hall–Kier alpha value is -2.94.